The second-order valence-electron chi connectivity index (χ2n) is 17.5. The van der Waals surface area contributed by atoms with Gasteiger partial charge >= 0.3 is 0 Å². The Hall–Kier alpha value is -9.10. The fourth-order valence-electron chi connectivity index (χ4n) is 10.2. The highest BCUT2D eigenvalue weighted by molar-refractivity contribution is 5.98. The predicted molar refractivity (Wildman–Crippen MR) is 287 cm³/mol. The first kappa shape index (κ1) is 42.5. The van der Waals surface area contributed by atoms with E-state index >= 15 is 0 Å². The Kier molecular flexibility index (Phi) is 11.3. The SMILES string of the molecule is C=C/C=C\c1c(C)n(C2=CC=CCC2)c2ccc(N(c3ccc(C#N)cc3)c3ccc(-c4ccc(N(c5ccc(C#N)cc5)c5ccc6c(c5)c5c(n6-c6ccccc6)C=CCC5)cc4)cc3)cc12. The highest BCUT2D eigenvalue weighted by Gasteiger charge is 2.23. The number of fused-ring (bicyclic) bond motifs is 4. The van der Waals surface area contributed by atoms with Crippen molar-refractivity contribution in [1.29, 1.82) is 10.5 Å². The van der Waals surface area contributed by atoms with Crippen LogP contribution in [-0.2, 0) is 6.42 Å². The number of rotatable bonds is 11. The molecule has 0 atom stereocenters. The van der Waals surface area contributed by atoms with Crippen molar-refractivity contribution in [1.82, 2.24) is 9.13 Å². The van der Waals surface area contributed by atoms with E-state index in [0.29, 0.717) is 11.1 Å². The molecule has 0 N–H and O–H groups in total. The van der Waals surface area contributed by atoms with E-state index < -0.39 is 0 Å². The molecule has 7 aromatic carbocycles. The zero-order valence-electron chi connectivity index (χ0n) is 38.4. The van der Waals surface area contributed by atoms with Gasteiger partial charge in [0, 0.05) is 73.2 Å². The average molecular weight is 889 g/mol. The minimum Gasteiger partial charge on any atom is -0.317 e. The summed E-state index contributed by atoms with van der Waals surface area (Å²) in [4.78, 5) is 4.54. The predicted octanol–water partition coefficient (Wildman–Crippen LogP) is 16.6. The number of hydrogen-bond donors (Lipinski definition) is 0. The van der Waals surface area contributed by atoms with Gasteiger partial charge < -0.3 is 18.9 Å². The van der Waals surface area contributed by atoms with Gasteiger partial charge in [0.15, 0.2) is 0 Å². The van der Waals surface area contributed by atoms with E-state index in [1.54, 1.807) is 0 Å². The van der Waals surface area contributed by atoms with Crippen LogP contribution in [0.15, 0.2) is 207 Å². The molecule has 0 radical (unpaired) electrons. The molecule has 2 heterocycles. The Bertz CT molecular complexity index is 3620. The maximum absolute atomic E-state index is 9.69. The molecule has 2 aromatic heterocycles. The molecule has 2 aliphatic carbocycles. The summed E-state index contributed by atoms with van der Waals surface area (Å²) < 4.78 is 4.78. The minimum absolute atomic E-state index is 0.615. The molecule has 69 heavy (non-hydrogen) atoms. The molecule has 2 aliphatic rings. The van der Waals surface area contributed by atoms with Gasteiger partial charge in [-0.1, -0.05) is 85.5 Å². The highest BCUT2D eigenvalue weighted by atomic mass is 15.1. The van der Waals surface area contributed by atoms with Crippen LogP contribution in [0.5, 0.6) is 0 Å². The monoisotopic (exact) mass is 888 g/mol. The quantitative estimate of drug-likeness (QED) is 0.121. The van der Waals surface area contributed by atoms with Crippen LogP contribution in [0.25, 0.3) is 56.5 Å². The summed E-state index contributed by atoms with van der Waals surface area (Å²) in [6.45, 7) is 6.16. The maximum atomic E-state index is 9.69. The molecule has 6 heteroatoms. The molecule has 11 rings (SSSR count). The number of aromatic nitrogens is 2. The van der Waals surface area contributed by atoms with Gasteiger partial charge in [0.25, 0.3) is 0 Å². The number of nitrogens with zero attached hydrogens (tertiary/aromatic N) is 6. The van der Waals surface area contributed by atoms with Crippen LogP contribution >= 0.6 is 0 Å². The van der Waals surface area contributed by atoms with Gasteiger partial charge in [-0.2, -0.15) is 10.5 Å². The second-order valence-corrected chi connectivity index (χ2v) is 17.5. The molecular formula is C63H48N6. The molecule has 0 fully saturated rings. The molecule has 0 saturated carbocycles. The summed E-state index contributed by atoms with van der Waals surface area (Å²) in [7, 11) is 0. The topological polar surface area (TPSA) is 63.9 Å². The third kappa shape index (κ3) is 7.85. The number of aryl methyl sites for hydroxylation is 1. The van der Waals surface area contributed by atoms with Crippen molar-refractivity contribution in [2.75, 3.05) is 9.80 Å². The number of allylic oxidation sites excluding steroid dienone is 7. The third-order valence-electron chi connectivity index (χ3n) is 13.5. The van der Waals surface area contributed by atoms with E-state index in [1.165, 1.54) is 33.6 Å². The fourth-order valence-corrected chi connectivity index (χ4v) is 10.2. The summed E-state index contributed by atoms with van der Waals surface area (Å²) in [6.07, 6.45) is 21.1. The summed E-state index contributed by atoms with van der Waals surface area (Å²) in [5.74, 6) is 0. The van der Waals surface area contributed by atoms with Crippen molar-refractivity contribution in [3.8, 4) is 29.0 Å². The van der Waals surface area contributed by atoms with E-state index in [2.05, 4.69) is 196 Å². The molecule has 0 amide bonds. The maximum Gasteiger partial charge on any atom is 0.0991 e. The van der Waals surface area contributed by atoms with Gasteiger partial charge in [0.05, 0.1) is 34.3 Å². The summed E-state index contributed by atoms with van der Waals surface area (Å²) >= 11 is 0. The molecular weight excluding hydrogens is 841 g/mol. The Labute approximate surface area is 403 Å². The fraction of sp³-hybridized carbons (Fsp3) is 0.0794. The van der Waals surface area contributed by atoms with E-state index in [1.807, 2.05) is 60.7 Å². The third-order valence-corrected chi connectivity index (χ3v) is 13.5. The lowest BCUT2D eigenvalue weighted by Gasteiger charge is -2.26. The minimum atomic E-state index is 0.615. The first-order valence-electron chi connectivity index (χ1n) is 23.5. The normalized spacial score (nSPS) is 13.0. The lowest BCUT2D eigenvalue weighted by Crippen LogP contribution is -2.10. The van der Waals surface area contributed by atoms with Crippen LogP contribution in [0.4, 0.5) is 34.1 Å². The average Bonchev–Trinajstić information content (AvgIpc) is 3.89. The number of benzene rings is 7. The van der Waals surface area contributed by atoms with Crippen molar-refractivity contribution >= 4 is 73.8 Å². The smallest absolute Gasteiger partial charge is 0.0991 e. The molecule has 0 bridgehead atoms. The molecule has 0 unspecified atom stereocenters. The summed E-state index contributed by atoms with van der Waals surface area (Å²) in [5, 5.41) is 21.8. The Morgan fingerprint density at radius 3 is 1.62 bits per heavy atom. The zero-order valence-corrected chi connectivity index (χ0v) is 38.4. The number of hydrogen-bond acceptors (Lipinski definition) is 4. The van der Waals surface area contributed by atoms with Crippen LogP contribution in [0.1, 0.15) is 52.9 Å². The van der Waals surface area contributed by atoms with Crippen molar-refractivity contribution in [2.24, 2.45) is 0 Å². The lowest BCUT2D eigenvalue weighted by molar-refractivity contribution is 0.939. The van der Waals surface area contributed by atoms with Gasteiger partial charge in [-0.15, -0.1) is 0 Å². The van der Waals surface area contributed by atoms with Crippen LogP contribution in [0.2, 0.25) is 0 Å². The standard InChI is InChI=1S/C63H48N6/c1-3-4-17-57-44(2)66(49-13-7-5-8-14-49)62-38-36-55(40-59(57)62)67(51-28-20-45(42-64)21-29-51)53-32-24-47(25-33-53)48-26-34-54(35-27-48)68(52-30-22-46(43-65)23-31-52)56-37-39-63-60(41-56)58-18-11-12-19-61(58)69(63)50-15-9-6-10-16-50/h3-7,9-10,12-13,15-17,19-41H,1,8,11,14,18H2,2H3/b17-4-. The van der Waals surface area contributed by atoms with E-state index in [9.17, 15) is 10.5 Å². The Morgan fingerprint density at radius 2 is 1.09 bits per heavy atom. The van der Waals surface area contributed by atoms with Crippen molar-refractivity contribution in [3.05, 3.63) is 240 Å². The first-order chi connectivity index (χ1) is 34.0. The largest absolute Gasteiger partial charge is 0.317 e. The molecule has 0 aliphatic heterocycles. The van der Waals surface area contributed by atoms with Crippen LogP contribution in [0.3, 0.4) is 0 Å². The highest BCUT2D eigenvalue weighted by Crippen LogP contribution is 2.43. The van der Waals surface area contributed by atoms with Gasteiger partial charge in [-0.3, -0.25) is 0 Å². The number of nitriles is 2. The van der Waals surface area contributed by atoms with Crippen molar-refractivity contribution in [2.45, 2.75) is 32.6 Å². The Balaban J connectivity index is 0.962. The van der Waals surface area contributed by atoms with Gasteiger partial charge in [-0.25, -0.2) is 0 Å². The summed E-state index contributed by atoms with van der Waals surface area (Å²) in [5.41, 5.74) is 19.2. The van der Waals surface area contributed by atoms with E-state index in [0.717, 1.165) is 93.1 Å². The van der Waals surface area contributed by atoms with Crippen LogP contribution < -0.4 is 9.80 Å². The molecule has 9 aromatic rings. The van der Waals surface area contributed by atoms with Gasteiger partial charge in [0.2, 0.25) is 0 Å². The summed E-state index contributed by atoms with van der Waals surface area (Å²) in [6, 6.07) is 61.8. The molecule has 0 spiro atoms. The van der Waals surface area contributed by atoms with Crippen molar-refractivity contribution in [3.63, 3.8) is 0 Å². The number of para-hydroxylation sites is 1. The molecule has 330 valence electrons. The van der Waals surface area contributed by atoms with Gasteiger partial charge in [-0.05, 0) is 183 Å². The van der Waals surface area contributed by atoms with Gasteiger partial charge in [0.1, 0.15) is 0 Å². The van der Waals surface area contributed by atoms with Crippen molar-refractivity contribution < 1.29 is 0 Å². The van der Waals surface area contributed by atoms with E-state index in [4.69, 9.17) is 0 Å². The van der Waals surface area contributed by atoms with Crippen LogP contribution in [-0.4, -0.2) is 9.13 Å². The van der Waals surface area contributed by atoms with E-state index in [-0.39, 0.29) is 0 Å². The van der Waals surface area contributed by atoms with Crippen LogP contribution in [0, 0.1) is 29.6 Å². The first-order valence-corrected chi connectivity index (χ1v) is 23.5. The molecule has 6 nitrogen and oxygen atoms in total. The number of anilines is 6. The lowest BCUT2D eigenvalue weighted by atomic mass is 10.00. The zero-order chi connectivity index (χ0) is 46.8. The second kappa shape index (κ2) is 18.3. The Morgan fingerprint density at radius 1 is 0.565 bits per heavy atom. The molecule has 0 saturated heterocycles.